The van der Waals surface area contributed by atoms with Crippen LogP contribution in [0.3, 0.4) is 0 Å². The molecule has 1 aliphatic carbocycles. The van der Waals surface area contributed by atoms with Gasteiger partial charge in [-0.05, 0) is 76.8 Å². The molecule has 0 radical (unpaired) electrons. The molecule has 35 heavy (non-hydrogen) atoms. The van der Waals surface area contributed by atoms with E-state index in [1.165, 1.54) is 23.1 Å². The minimum atomic E-state index is -0.797. The Morgan fingerprint density at radius 2 is 2.03 bits per heavy atom. The Morgan fingerprint density at radius 3 is 2.66 bits per heavy atom. The van der Waals surface area contributed by atoms with E-state index in [4.69, 9.17) is 4.74 Å². The molecule has 5 nitrogen and oxygen atoms in total. The number of fused-ring (bicyclic) bond motifs is 1. The lowest BCUT2D eigenvalue weighted by Gasteiger charge is -2.40. The average molecular weight is 517 g/mol. The van der Waals surface area contributed by atoms with Crippen LogP contribution in [0.2, 0.25) is 0 Å². The van der Waals surface area contributed by atoms with E-state index in [2.05, 4.69) is 32.9 Å². The molecular weight excluding hydrogens is 480 g/mol. The van der Waals surface area contributed by atoms with E-state index < -0.39 is 17.7 Å². The normalized spacial score (nSPS) is 22.6. The number of rotatable bonds is 7. The van der Waals surface area contributed by atoms with Gasteiger partial charge < -0.3 is 20.1 Å². The van der Waals surface area contributed by atoms with Gasteiger partial charge >= 0.3 is 5.97 Å². The summed E-state index contributed by atoms with van der Waals surface area (Å²) < 4.78 is 6.12. The molecule has 0 fully saturated rings. The number of esters is 1. The fourth-order valence-electron chi connectivity index (χ4n) is 5.07. The Balaban J connectivity index is 1.63. The maximum absolute atomic E-state index is 13.3. The van der Waals surface area contributed by atoms with Gasteiger partial charge in [-0.2, -0.15) is 0 Å². The summed E-state index contributed by atoms with van der Waals surface area (Å²) in [5.41, 5.74) is 3.19. The molecule has 2 aliphatic rings. The van der Waals surface area contributed by atoms with Gasteiger partial charge in [0.15, 0.2) is 0 Å². The summed E-state index contributed by atoms with van der Waals surface area (Å²) in [7, 11) is 0. The third kappa shape index (κ3) is 5.19. The van der Waals surface area contributed by atoms with E-state index in [9.17, 15) is 20.1 Å². The maximum atomic E-state index is 13.3. The minimum absolute atomic E-state index is 0.00131. The van der Waals surface area contributed by atoms with E-state index in [1.807, 2.05) is 25.3 Å². The minimum Gasteiger partial charge on any atom is -0.511 e. The van der Waals surface area contributed by atoms with Gasteiger partial charge in [-0.1, -0.05) is 52.4 Å². The van der Waals surface area contributed by atoms with Crippen molar-refractivity contribution >= 4 is 29.1 Å². The molecule has 1 aliphatic heterocycles. The molecule has 4 rings (SSSR count). The molecule has 7 heteroatoms. The Bertz CT molecular complexity index is 1140. The van der Waals surface area contributed by atoms with Crippen molar-refractivity contribution in [2.24, 2.45) is 5.92 Å². The van der Waals surface area contributed by atoms with Crippen molar-refractivity contribution in [1.29, 1.82) is 0 Å². The molecule has 0 bridgehead atoms. The lowest BCUT2D eigenvalue weighted by atomic mass is 9.80. The number of aliphatic hydroxyl groups is 3. The second-order valence-corrected chi connectivity index (χ2v) is 13.1. The molecule has 0 saturated carbocycles. The van der Waals surface area contributed by atoms with Crippen molar-refractivity contribution in [3.8, 4) is 0 Å². The number of carbonyl (C=O) groups excluding carboxylic acids is 1. The first kappa shape index (κ1) is 26.3. The van der Waals surface area contributed by atoms with Crippen molar-refractivity contribution in [3.63, 3.8) is 0 Å². The Labute approximate surface area is 216 Å². The molecule has 190 valence electrons. The summed E-state index contributed by atoms with van der Waals surface area (Å²) in [5, 5.41) is 33.1. The Kier molecular flexibility index (Phi) is 7.45. The molecule has 0 spiro atoms. The van der Waals surface area contributed by atoms with Crippen molar-refractivity contribution < 1.29 is 24.9 Å². The van der Waals surface area contributed by atoms with Gasteiger partial charge in [0, 0.05) is 16.2 Å². The smallest absolute Gasteiger partial charge is 0.349 e. The number of benzene rings is 1. The average Bonchev–Trinajstić information content (AvgIpc) is 3.39. The van der Waals surface area contributed by atoms with Crippen LogP contribution in [0.4, 0.5) is 0 Å². The maximum Gasteiger partial charge on any atom is 0.349 e. The highest BCUT2D eigenvalue weighted by Crippen LogP contribution is 2.47. The van der Waals surface area contributed by atoms with Crippen LogP contribution in [0.25, 0.3) is 0 Å². The zero-order chi connectivity index (χ0) is 25.5. The van der Waals surface area contributed by atoms with Gasteiger partial charge in [-0.3, -0.25) is 0 Å². The SMILES string of the molecule is CC(C)C1(CCc2ccsc2CO)CC(O)=C(Sc2cc3c(cc2C(C)(C)C)C(O)CC3)C(=O)O1. The number of ether oxygens (including phenoxy) is 1. The fourth-order valence-corrected chi connectivity index (χ4v) is 7.07. The molecule has 2 unspecified atom stereocenters. The van der Waals surface area contributed by atoms with Crippen LogP contribution >= 0.6 is 23.1 Å². The zero-order valence-electron chi connectivity index (χ0n) is 21.2. The van der Waals surface area contributed by atoms with Crippen LogP contribution in [-0.4, -0.2) is 26.9 Å². The second-order valence-electron chi connectivity index (χ2n) is 11.0. The van der Waals surface area contributed by atoms with Gasteiger partial charge in [0.05, 0.1) is 12.7 Å². The van der Waals surface area contributed by atoms with Gasteiger partial charge in [-0.25, -0.2) is 4.79 Å². The van der Waals surface area contributed by atoms with E-state index in [1.54, 1.807) is 0 Å². The molecule has 0 amide bonds. The summed E-state index contributed by atoms with van der Waals surface area (Å²) in [6.07, 6.45) is 2.58. The molecule has 0 saturated heterocycles. The van der Waals surface area contributed by atoms with Crippen LogP contribution in [0.15, 0.2) is 39.1 Å². The molecule has 1 aromatic carbocycles. The first-order valence-corrected chi connectivity index (χ1v) is 14.0. The Morgan fingerprint density at radius 1 is 1.29 bits per heavy atom. The third-order valence-electron chi connectivity index (χ3n) is 7.37. The Hall–Kier alpha value is -1.80. The predicted octanol–water partition coefficient (Wildman–Crippen LogP) is 6.35. The third-order valence-corrected chi connectivity index (χ3v) is 9.48. The first-order valence-electron chi connectivity index (χ1n) is 12.3. The number of aliphatic hydroxyl groups excluding tert-OH is 3. The van der Waals surface area contributed by atoms with E-state index in [-0.39, 0.29) is 35.0 Å². The molecule has 2 aromatic rings. The van der Waals surface area contributed by atoms with Gasteiger partial charge in [-0.15, -0.1) is 11.3 Å². The monoisotopic (exact) mass is 516 g/mol. The molecule has 2 heterocycles. The first-order chi connectivity index (χ1) is 16.4. The van der Waals surface area contributed by atoms with Crippen molar-refractivity contribution in [1.82, 2.24) is 0 Å². The van der Waals surface area contributed by atoms with E-state index >= 15 is 0 Å². The van der Waals surface area contributed by atoms with Crippen LogP contribution in [-0.2, 0) is 34.4 Å². The number of carbonyl (C=O) groups is 1. The van der Waals surface area contributed by atoms with Crippen LogP contribution in [0.5, 0.6) is 0 Å². The lowest BCUT2D eigenvalue weighted by molar-refractivity contribution is -0.164. The predicted molar refractivity (Wildman–Crippen MR) is 141 cm³/mol. The summed E-state index contributed by atoms with van der Waals surface area (Å²) in [4.78, 5) is 15.4. The highest BCUT2D eigenvalue weighted by atomic mass is 32.2. The summed E-state index contributed by atoms with van der Waals surface area (Å²) in [6, 6.07) is 6.14. The number of thiophene rings is 1. The molecule has 1 aromatic heterocycles. The number of aryl methyl sites for hydroxylation is 2. The summed E-state index contributed by atoms with van der Waals surface area (Å²) in [6.45, 7) is 10.4. The van der Waals surface area contributed by atoms with Crippen LogP contribution < -0.4 is 0 Å². The molecule has 2 atom stereocenters. The van der Waals surface area contributed by atoms with Crippen LogP contribution in [0, 0.1) is 5.92 Å². The zero-order valence-corrected chi connectivity index (χ0v) is 22.8. The topological polar surface area (TPSA) is 87.0 Å². The number of hydrogen-bond donors (Lipinski definition) is 3. The van der Waals surface area contributed by atoms with Crippen molar-refractivity contribution in [3.05, 3.63) is 61.4 Å². The van der Waals surface area contributed by atoms with Crippen LogP contribution in [0.1, 0.15) is 87.1 Å². The fraction of sp³-hybridized carbons (Fsp3) is 0.536. The lowest BCUT2D eigenvalue weighted by Crippen LogP contribution is -2.44. The number of hydrogen-bond acceptors (Lipinski definition) is 7. The highest BCUT2D eigenvalue weighted by molar-refractivity contribution is 8.04. The van der Waals surface area contributed by atoms with Crippen molar-refractivity contribution in [2.45, 2.75) is 95.3 Å². The summed E-state index contributed by atoms with van der Waals surface area (Å²) >= 11 is 2.80. The van der Waals surface area contributed by atoms with Gasteiger partial charge in [0.2, 0.25) is 0 Å². The quantitative estimate of drug-likeness (QED) is 0.372. The second kappa shape index (κ2) is 9.92. The molecule has 3 N–H and O–H groups in total. The van der Waals surface area contributed by atoms with E-state index in [0.29, 0.717) is 19.3 Å². The number of thioether (sulfide) groups is 1. The standard InChI is InChI=1S/C28H36O5S2/c1-16(2)28(10-8-17-9-11-34-24(17)15-29)14-22(31)25(26(32)33-28)35-23-12-18-6-7-21(30)19(18)13-20(23)27(3,4)5/h9,11-13,16,21,29-31H,6-8,10,14-15H2,1-5H3. The van der Waals surface area contributed by atoms with E-state index in [0.717, 1.165) is 38.4 Å². The van der Waals surface area contributed by atoms with Crippen molar-refractivity contribution in [2.75, 3.05) is 0 Å². The number of cyclic esters (lactones) is 1. The molecular formula is C28H36O5S2. The van der Waals surface area contributed by atoms with Gasteiger partial charge in [0.1, 0.15) is 16.3 Å². The highest BCUT2D eigenvalue weighted by Gasteiger charge is 2.45. The van der Waals surface area contributed by atoms with Gasteiger partial charge in [0.25, 0.3) is 0 Å². The summed E-state index contributed by atoms with van der Waals surface area (Å²) in [5.74, 6) is -0.392. The largest absolute Gasteiger partial charge is 0.511 e.